The van der Waals surface area contributed by atoms with Gasteiger partial charge in [-0.3, -0.25) is 9.59 Å². The van der Waals surface area contributed by atoms with Gasteiger partial charge in [-0.25, -0.2) is 0 Å². The summed E-state index contributed by atoms with van der Waals surface area (Å²) >= 11 is 6.09. The van der Waals surface area contributed by atoms with E-state index in [1.165, 1.54) is 9.80 Å². The zero-order valence-electron chi connectivity index (χ0n) is 16.8. The van der Waals surface area contributed by atoms with Crippen molar-refractivity contribution in [2.75, 3.05) is 51.6 Å². The molecule has 1 aliphatic heterocycles. The summed E-state index contributed by atoms with van der Waals surface area (Å²) in [5.74, 6) is 0.124. The van der Waals surface area contributed by atoms with Crippen LogP contribution in [0.4, 0.5) is 5.69 Å². The Morgan fingerprint density at radius 1 is 0.931 bits per heavy atom. The van der Waals surface area contributed by atoms with Gasteiger partial charge in [0.25, 0.3) is 11.8 Å². The number of para-hydroxylation sites is 1. The largest absolute Gasteiger partial charge is 0.337 e. The molecule has 0 radical (unpaired) electrons. The van der Waals surface area contributed by atoms with E-state index in [4.69, 9.17) is 11.6 Å². The van der Waals surface area contributed by atoms with Crippen LogP contribution in [0.5, 0.6) is 0 Å². The second kappa shape index (κ2) is 10.4. The molecular weight excluding hydrogens is 388 g/mol. The lowest BCUT2D eigenvalue weighted by molar-refractivity contribution is -1.00. The molecule has 0 unspecified atom stereocenters. The zero-order valence-corrected chi connectivity index (χ0v) is 17.5. The number of anilines is 1. The molecule has 1 fully saturated rings. The topological polar surface area (TPSA) is 58.3 Å². The summed E-state index contributed by atoms with van der Waals surface area (Å²) in [6, 6.07) is 17.3. The Kier molecular flexibility index (Phi) is 7.63. The van der Waals surface area contributed by atoms with Gasteiger partial charge in [0, 0.05) is 13.6 Å². The van der Waals surface area contributed by atoms with E-state index in [0.29, 0.717) is 30.3 Å². The maximum absolute atomic E-state index is 12.5. The van der Waals surface area contributed by atoms with E-state index in [1.54, 1.807) is 17.0 Å². The average molecular weight is 417 g/mol. The van der Waals surface area contributed by atoms with Gasteiger partial charge in [-0.05, 0) is 17.7 Å². The molecule has 2 aromatic carbocycles. The summed E-state index contributed by atoms with van der Waals surface area (Å²) in [4.78, 5) is 29.1. The van der Waals surface area contributed by atoms with Crippen LogP contribution in [-0.2, 0) is 16.1 Å². The predicted molar refractivity (Wildman–Crippen MR) is 114 cm³/mol. The minimum absolute atomic E-state index is 0.0322. The van der Waals surface area contributed by atoms with Crippen molar-refractivity contribution in [2.45, 2.75) is 6.54 Å². The van der Waals surface area contributed by atoms with Crippen molar-refractivity contribution >= 4 is 29.1 Å². The molecule has 0 aliphatic carbocycles. The van der Waals surface area contributed by atoms with Gasteiger partial charge in [-0.15, -0.1) is 0 Å². The van der Waals surface area contributed by atoms with Gasteiger partial charge in [-0.2, -0.15) is 0 Å². The van der Waals surface area contributed by atoms with Gasteiger partial charge in [0.05, 0.1) is 10.7 Å². The standard InChI is InChI=1S/C22H27ClN4O2/c1-25(15-18-7-3-2-4-8-18)22(29)17-27-13-11-26(12-14-27)16-21(28)24-20-10-6-5-9-19(20)23/h2-10H,11-17H2,1H3,(H,24,28)/p+2. The van der Waals surface area contributed by atoms with E-state index >= 15 is 0 Å². The summed E-state index contributed by atoms with van der Waals surface area (Å²) in [5.41, 5.74) is 1.78. The summed E-state index contributed by atoms with van der Waals surface area (Å²) in [6.07, 6.45) is 0. The first-order valence-corrected chi connectivity index (χ1v) is 10.4. The smallest absolute Gasteiger partial charge is 0.279 e. The molecule has 7 heteroatoms. The average Bonchev–Trinajstić information content (AvgIpc) is 2.72. The third kappa shape index (κ3) is 6.56. The predicted octanol–water partition coefficient (Wildman–Crippen LogP) is -0.279. The number of rotatable bonds is 7. The van der Waals surface area contributed by atoms with E-state index in [0.717, 1.165) is 31.7 Å². The molecule has 3 rings (SSSR count). The Morgan fingerprint density at radius 2 is 1.52 bits per heavy atom. The van der Waals surface area contributed by atoms with Crippen molar-refractivity contribution < 1.29 is 19.4 Å². The Morgan fingerprint density at radius 3 is 2.17 bits per heavy atom. The minimum atomic E-state index is -0.0322. The fourth-order valence-electron chi connectivity index (χ4n) is 3.59. The van der Waals surface area contributed by atoms with E-state index < -0.39 is 0 Å². The van der Waals surface area contributed by atoms with Crippen LogP contribution in [0.3, 0.4) is 0 Å². The normalized spacial score (nSPS) is 18.8. The second-order valence-electron chi connectivity index (χ2n) is 7.62. The molecule has 6 nitrogen and oxygen atoms in total. The Balaban J connectivity index is 1.39. The molecule has 29 heavy (non-hydrogen) atoms. The molecule has 1 heterocycles. The summed E-state index contributed by atoms with van der Waals surface area (Å²) in [6.45, 7) is 5.08. The molecular formula is C22H29ClN4O2+2. The molecule has 0 bridgehead atoms. The maximum Gasteiger partial charge on any atom is 0.279 e. The van der Waals surface area contributed by atoms with E-state index in [2.05, 4.69) is 5.32 Å². The number of benzene rings is 2. The molecule has 0 spiro atoms. The fourth-order valence-corrected chi connectivity index (χ4v) is 3.77. The molecule has 1 aliphatic rings. The number of nitrogens with zero attached hydrogens (tertiary/aromatic N) is 1. The van der Waals surface area contributed by atoms with Crippen molar-refractivity contribution in [2.24, 2.45) is 0 Å². The summed E-state index contributed by atoms with van der Waals surface area (Å²) < 4.78 is 0. The Labute approximate surface area is 177 Å². The lowest BCUT2D eigenvalue weighted by Crippen LogP contribution is -3.28. The Bertz CT molecular complexity index is 823. The summed E-state index contributed by atoms with van der Waals surface area (Å²) in [5, 5.41) is 3.42. The number of hydrogen-bond acceptors (Lipinski definition) is 2. The van der Waals surface area contributed by atoms with E-state index in [9.17, 15) is 9.59 Å². The number of quaternary nitrogens is 2. The number of nitrogens with one attached hydrogen (secondary N) is 3. The van der Waals surface area contributed by atoms with Crippen molar-refractivity contribution in [1.82, 2.24) is 4.90 Å². The molecule has 0 saturated carbocycles. The highest BCUT2D eigenvalue weighted by atomic mass is 35.5. The third-order valence-corrected chi connectivity index (χ3v) is 5.64. The van der Waals surface area contributed by atoms with Crippen LogP contribution in [0.25, 0.3) is 0 Å². The molecule has 1 saturated heterocycles. The summed E-state index contributed by atoms with van der Waals surface area (Å²) in [7, 11) is 1.86. The first-order chi connectivity index (χ1) is 14.0. The number of carbonyl (C=O) groups excluding carboxylic acids is 2. The molecule has 154 valence electrons. The third-order valence-electron chi connectivity index (χ3n) is 5.31. The second-order valence-corrected chi connectivity index (χ2v) is 8.02. The highest BCUT2D eigenvalue weighted by Gasteiger charge is 2.27. The molecule has 0 aromatic heterocycles. The van der Waals surface area contributed by atoms with Crippen molar-refractivity contribution in [1.29, 1.82) is 0 Å². The van der Waals surface area contributed by atoms with Crippen LogP contribution in [0.1, 0.15) is 5.56 Å². The van der Waals surface area contributed by atoms with Crippen LogP contribution in [-0.4, -0.2) is 63.0 Å². The van der Waals surface area contributed by atoms with E-state index in [1.807, 2.05) is 49.5 Å². The molecule has 2 aromatic rings. The zero-order chi connectivity index (χ0) is 20.6. The number of carbonyl (C=O) groups is 2. The quantitative estimate of drug-likeness (QED) is 0.581. The number of likely N-dealkylation sites (N-methyl/N-ethyl adjacent to an activating group) is 1. The van der Waals surface area contributed by atoms with Crippen molar-refractivity contribution in [3.05, 3.63) is 65.2 Å². The first kappa shape index (κ1) is 21.3. The van der Waals surface area contributed by atoms with Crippen LogP contribution in [0.2, 0.25) is 5.02 Å². The number of piperazine rings is 1. The van der Waals surface area contributed by atoms with Gasteiger partial charge < -0.3 is 20.0 Å². The lowest BCUT2D eigenvalue weighted by Gasteiger charge is -2.30. The lowest BCUT2D eigenvalue weighted by atomic mass is 10.2. The fraction of sp³-hybridized carbons (Fsp3) is 0.364. The first-order valence-electron chi connectivity index (χ1n) is 10.0. The molecule has 0 atom stereocenters. The SMILES string of the molecule is CN(Cc1ccccc1)C(=O)C[NH+]1CC[NH+](CC(=O)Nc2ccccc2Cl)CC1. The van der Waals surface area contributed by atoms with Gasteiger partial charge in [-0.1, -0.05) is 54.1 Å². The van der Waals surface area contributed by atoms with Crippen molar-refractivity contribution in [3.63, 3.8) is 0 Å². The number of hydrogen-bond donors (Lipinski definition) is 3. The highest BCUT2D eigenvalue weighted by molar-refractivity contribution is 6.33. The van der Waals surface area contributed by atoms with Crippen LogP contribution in [0, 0.1) is 0 Å². The van der Waals surface area contributed by atoms with Gasteiger partial charge in [0.1, 0.15) is 26.2 Å². The molecule has 2 amide bonds. The van der Waals surface area contributed by atoms with Gasteiger partial charge in [0.15, 0.2) is 13.1 Å². The van der Waals surface area contributed by atoms with Crippen LogP contribution < -0.4 is 15.1 Å². The Hall–Kier alpha value is -2.41. The van der Waals surface area contributed by atoms with Crippen molar-refractivity contribution in [3.8, 4) is 0 Å². The van der Waals surface area contributed by atoms with Gasteiger partial charge in [0.2, 0.25) is 0 Å². The highest BCUT2D eigenvalue weighted by Crippen LogP contribution is 2.19. The number of halogens is 1. The number of amides is 2. The monoisotopic (exact) mass is 416 g/mol. The maximum atomic E-state index is 12.5. The van der Waals surface area contributed by atoms with Crippen LogP contribution in [0.15, 0.2) is 54.6 Å². The minimum Gasteiger partial charge on any atom is -0.337 e. The van der Waals surface area contributed by atoms with Crippen LogP contribution >= 0.6 is 11.6 Å². The van der Waals surface area contributed by atoms with Gasteiger partial charge >= 0.3 is 0 Å². The molecule has 3 N–H and O–H groups in total. The van der Waals surface area contributed by atoms with E-state index in [-0.39, 0.29) is 11.8 Å².